The Morgan fingerprint density at radius 3 is 2.41 bits per heavy atom. The number of benzene rings is 3. The molecule has 1 saturated carbocycles. The van der Waals surface area contributed by atoms with E-state index in [-0.39, 0.29) is 30.4 Å². The molecule has 0 radical (unpaired) electrons. The summed E-state index contributed by atoms with van der Waals surface area (Å²) in [6.45, 7) is 9.81. The van der Waals surface area contributed by atoms with Crippen molar-refractivity contribution < 1.29 is 34.4 Å². The van der Waals surface area contributed by atoms with E-state index in [1.807, 2.05) is 24.3 Å². The van der Waals surface area contributed by atoms with Crippen molar-refractivity contribution >= 4 is 0 Å². The Morgan fingerprint density at radius 1 is 0.959 bits per heavy atom. The van der Waals surface area contributed by atoms with E-state index in [4.69, 9.17) is 9.47 Å². The summed E-state index contributed by atoms with van der Waals surface area (Å²) in [5, 5.41) is 45.3. The molecule has 266 valence electrons. The zero-order chi connectivity index (χ0) is 34.4. The van der Waals surface area contributed by atoms with Crippen molar-refractivity contribution in [3.05, 3.63) is 94.5 Å². The summed E-state index contributed by atoms with van der Waals surface area (Å²) in [6, 6.07) is 21.3. The van der Waals surface area contributed by atoms with Crippen LogP contribution in [-0.2, 0) is 16.9 Å². The molecular formula is C41H57N2O6+. The van der Waals surface area contributed by atoms with Gasteiger partial charge in [0.2, 0.25) is 0 Å². The first-order valence-electron chi connectivity index (χ1n) is 18.5. The molecule has 5 N–H and O–H groups in total. The highest BCUT2D eigenvalue weighted by molar-refractivity contribution is 5.38. The van der Waals surface area contributed by atoms with Gasteiger partial charge < -0.3 is 39.7 Å². The molecule has 1 unspecified atom stereocenters. The molecule has 7 rings (SSSR count). The fraction of sp³-hybridized carbons (Fsp3) is 0.561. The van der Waals surface area contributed by atoms with Crippen molar-refractivity contribution in [3.8, 4) is 11.5 Å². The highest BCUT2D eigenvalue weighted by Crippen LogP contribution is 2.43. The van der Waals surface area contributed by atoms with E-state index in [0.29, 0.717) is 36.8 Å². The first-order valence-corrected chi connectivity index (χ1v) is 18.5. The third kappa shape index (κ3) is 8.33. The lowest BCUT2D eigenvalue weighted by atomic mass is 9.80. The minimum Gasteiger partial charge on any atom is -0.508 e. The van der Waals surface area contributed by atoms with Crippen molar-refractivity contribution in [1.82, 2.24) is 5.32 Å². The van der Waals surface area contributed by atoms with Gasteiger partial charge in [-0.05, 0) is 73.1 Å². The van der Waals surface area contributed by atoms with Crippen molar-refractivity contribution in [3.63, 3.8) is 0 Å². The van der Waals surface area contributed by atoms with Gasteiger partial charge in [0.1, 0.15) is 29.7 Å². The van der Waals surface area contributed by atoms with Crippen LogP contribution < -0.4 is 10.1 Å². The summed E-state index contributed by atoms with van der Waals surface area (Å²) >= 11 is 0. The lowest BCUT2D eigenvalue weighted by Gasteiger charge is -2.53. The van der Waals surface area contributed by atoms with Crippen LogP contribution in [0.25, 0.3) is 0 Å². The van der Waals surface area contributed by atoms with Gasteiger partial charge >= 0.3 is 0 Å². The fourth-order valence-corrected chi connectivity index (χ4v) is 8.67. The molecule has 3 aromatic carbocycles. The third-order valence-corrected chi connectivity index (χ3v) is 11.9. The number of aliphatic hydroxyl groups excluding tert-OH is 2. The molecule has 4 atom stereocenters. The van der Waals surface area contributed by atoms with Crippen LogP contribution in [0.15, 0.2) is 66.7 Å². The Morgan fingerprint density at radius 2 is 1.69 bits per heavy atom. The number of hydrogen-bond donors (Lipinski definition) is 5. The van der Waals surface area contributed by atoms with Crippen LogP contribution in [0.1, 0.15) is 91.8 Å². The van der Waals surface area contributed by atoms with Gasteiger partial charge in [-0.25, -0.2) is 0 Å². The Kier molecular flexibility index (Phi) is 11.6. The van der Waals surface area contributed by atoms with Crippen molar-refractivity contribution in [2.45, 2.75) is 89.3 Å². The van der Waals surface area contributed by atoms with Crippen LogP contribution in [0.2, 0.25) is 0 Å². The summed E-state index contributed by atoms with van der Waals surface area (Å²) < 4.78 is 14.1. The standard InChI is InChI=1S/C41H56N2O6/c1-29-23-32(30(2)42-25-38(46)33-13-15-37(45)34(24-33)27-44)14-16-39(29)48-22-8-19-43-20-17-31(18-21-43)40(26-43)49-28-41(47,36-11-6-7-12-36)35-9-4-3-5-10-35/h3-5,9-10,13-16,23-24,30-31,36,38,40,42,44,46-47H,6-8,11-12,17-22,25-28H2,1-2H3/p+1/t30?,31?,38-,40-,41+,43?/m0/s1. The van der Waals surface area contributed by atoms with Gasteiger partial charge in [0.15, 0.2) is 0 Å². The number of rotatable bonds is 16. The van der Waals surface area contributed by atoms with E-state index >= 15 is 0 Å². The molecule has 0 aromatic heterocycles. The average molecular weight is 674 g/mol. The molecule has 3 aromatic rings. The van der Waals surface area contributed by atoms with Gasteiger partial charge in [0.05, 0.1) is 45.6 Å². The quantitative estimate of drug-likeness (QED) is 0.0931. The maximum Gasteiger partial charge on any atom is 0.122 e. The molecule has 3 heterocycles. The molecule has 2 bridgehead atoms. The normalized spacial score (nSPS) is 24.8. The van der Waals surface area contributed by atoms with Gasteiger partial charge in [0.25, 0.3) is 0 Å². The molecule has 4 fully saturated rings. The van der Waals surface area contributed by atoms with E-state index in [0.717, 1.165) is 59.3 Å². The van der Waals surface area contributed by atoms with Crippen molar-refractivity contribution in [1.29, 1.82) is 0 Å². The molecule has 1 aliphatic carbocycles. The molecule has 3 aliphatic heterocycles. The number of ether oxygens (including phenoxy) is 2. The number of fused-ring (bicyclic) bond motifs is 3. The van der Waals surface area contributed by atoms with Gasteiger partial charge in [0, 0.05) is 43.3 Å². The highest BCUT2D eigenvalue weighted by Gasteiger charge is 2.48. The number of piperidine rings is 3. The van der Waals surface area contributed by atoms with Crippen LogP contribution in [0.3, 0.4) is 0 Å². The summed E-state index contributed by atoms with van der Waals surface area (Å²) in [5.41, 5.74) is 3.35. The number of quaternary nitrogens is 1. The van der Waals surface area contributed by atoms with Crippen LogP contribution in [0.4, 0.5) is 0 Å². The highest BCUT2D eigenvalue weighted by atomic mass is 16.5. The summed E-state index contributed by atoms with van der Waals surface area (Å²) in [6.07, 6.45) is 7.34. The number of aromatic hydroxyl groups is 1. The predicted molar refractivity (Wildman–Crippen MR) is 191 cm³/mol. The monoisotopic (exact) mass is 673 g/mol. The molecule has 8 nitrogen and oxygen atoms in total. The van der Waals surface area contributed by atoms with E-state index in [9.17, 15) is 20.4 Å². The van der Waals surface area contributed by atoms with Gasteiger partial charge in [-0.1, -0.05) is 61.4 Å². The smallest absolute Gasteiger partial charge is 0.122 e. The number of aryl methyl sites for hydroxylation is 1. The van der Waals surface area contributed by atoms with Crippen LogP contribution in [-0.4, -0.2) is 77.0 Å². The molecule has 4 aliphatic rings. The Balaban J connectivity index is 0.972. The predicted octanol–water partition coefficient (Wildman–Crippen LogP) is 6.05. The number of phenols is 1. The summed E-state index contributed by atoms with van der Waals surface area (Å²) in [4.78, 5) is 0. The zero-order valence-electron chi connectivity index (χ0n) is 29.4. The largest absolute Gasteiger partial charge is 0.508 e. The van der Waals surface area contributed by atoms with E-state index < -0.39 is 11.7 Å². The topological polar surface area (TPSA) is 111 Å². The maximum atomic E-state index is 12.0. The number of hydrogen-bond acceptors (Lipinski definition) is 7. The second kappa shape index (κ2) is 15.9. The Hall–Kier alpha value is -2.98. The molecule has 0 amide bonds. The summed E-state index contributed by atoms with van der Waals surface area (Å²) in [5.74, 6) is 1.79. The minimum absolute atomic E-state index is 0.0201. The zero-order valence-corrected chi connectivity index (χ0v) is 29.4. The third-order valence-electron chi connectivity index (χ3n) is 11.9. The second-order valence-corrected chi connectivity index (χ2v) is 15.1. The second-order valence-electron chi connectivity index (χ2n) is 15.1. The first-order chi connectivity index (χ1) is 23.7. The maximum absolute atomic E-state index is 12.0. The van der Waals surface area contributed by atoms with Gasteiger partial charge in [-0.2, -0.15) is 0 Å². The van der Waals surface area contributed by atoms with Crippen LogP contribution >= 0.6 is 0 Å². The number of aliphatic hydroxyl groups is 3. The minimum atomic E-state index is -0.913. The molecular weight excluding hydrogens is 616 g/mol. The average Bonchev–Trinajstić information content (AvgIpc) is 3.69. The SMILES string of the molecule is Cc1cc(C(C)NC[C@H](O)c2ccc(O)c(CO)c2)ccc1OCCC[N+]12CCC(CC1)[C@@H](OC[C@@](O)(c1ccccc1)C1CCCC1)C2. The Labute approximate surface area is 292 Å². The van der Waals surface area contributed by atoms with E-state index in [2.05, 4.69) is 43.4 Å². The lowest BCUT2D eigenvalue weighted by molar-refractivity contribution is -0.946. The van der Waals surface area contributed by atoms with Crippen molar-refractivity contribution in [2.75, 3.05) is 45.9 Å². The molecule has 3 saturated heterocycles. The molecule has 0 spiro atoms. The molecule has 8 heteroatoms. The Bertz CT molecular complexity index is 1500. The first kappa shape index (κ1) is 35.8. The van der Waals surface area contributed by atoms with Crippen LogP contribution in [0.5, 0.6) is 11.5 Å². The lowest BCUT2D eigenvalue weighted by Crippen LogP contribution is -2.65. The van der Waals surface area contributed by atoms with Crippen molar-refractivity contribution in [2.24, 2.45) is 11.8 Å². The number of nitrogens with one attached hydrogen (secondary N) is 1. The van der Waals surface area contributed by atoms with Gasteiger partial charge in [-0.3, -0.25) is 0 Å². The molecule has 49 heavy (non-hydrogen) atoms. The van der Waals surface area contributed by atoms with E-state index in [1.54, 1.807) is 12.1 Å². The van der Waals surface area contributed by atoms with Crippen LogP contribution in [0, 0.1) is 18.8 Å². The summed E-state index contributed by atoms with van der Waals surface area (Å²) in [7, 11) is 0. The van der Waals surface area contributed by atoms with Gasteiger partial charge in [-0.15, -0.1) is 0 Å². The number of nitrogens with zero attached hydrogens (tertiary/aromatic N) is 1. The fourth-order valence-electron chi connectivity index (χ4n) is 8.67. The van der Waals surface area contributed by atoms with E-state index in [1.165, 1.54) is 44.8 Å².